The molecular weight excluding hydrogens is 477 g/mol. The summed E-state index contributed by atoms with van der Waals surface area (Å²) in [7, 11) is 0. The van der Waals surface area contributed by atoms with Gasteiger partial charge in [0.2, 0.25) is 0 Å². The number of fused-ring (bicyclic) bond motifs is 1. The first-order valence-electron chi connectivity index (χ1n) is 10.8. The number of carbonyl (C=O) groups excluding carboxylic acids is 1. The molecule has 1 atom stereocenters. The summed E-state index contributed by atoms with van der Waals surface area (Å²) in [6.07, 6.45) is -0.0447. The molecule has 0 saturated carbocycles. The highest BCUT2D eigenvalue weighted by Gasteiger charge is 2.30. The zero-order chi connectivity index (χ0) is 24.0. The van der Waals surface area contributed by atoms with Crippen LogP contribution in [-0.4, -0.2) is 39.7 Å². The van der Waals surface area contributed by atoms with Gasteiger partial charge < -0.3 is 15.3 Å². The Kier molecular flexibility index (Phi) is 5.89. The van der Waals surface area contributed by atoms with Crippen LogP contribution in [0.1, 0.15) is 21.7 Å². The molecule has 3 heterocycles. The number of carbonyl (C=O) groups is 1. The van der Waals surface area contributed by atoms with E-state index in [4.69, 9.17) is 11.6 Å². The number of halogens is 2. The number of hydrogen-bond acceptors (Lipinski definition) is 5. The number of para-hydroxylation sites is 1. The highest BCUT2D eigenvalue weighted by molar-refractivity contribution is 7.21. The van der Waals surface area contributed by atoms with E-state index in [-0.39, 0.29) is 23.8 Å². The monoisotopic (exact) mass is 497 g/mol. The number of aliphatic hydroxyl groups excluding tert-OH is 1. The fourth-order valence-corrected chi connectivity index (χ4v) is 5.61. The third kappa shape index (κ3) is 3.98. The number of nitrogens with zero attached hydrogens (tertiary/aromatic N) is 2. The van der Waals surface area contributed by atoms with Gasteiger partial charge in [-0.15, -0.1) is 11.3 Å². The predicted molar refractivity (Wildman–Crippen MR) is 133 cm³/mol. The van der Waals surface area contributed by atoms with Gasteiger partial charge in [-0.25, -0.2) is 4.39 Å². The number of rotatable bonds is 4. The second-order valence-electron chi connectivity index (χ2n) is 8.27. The van der Waals surface area contributed by atoms with Crippen molar-refractivity contribution in [1.29, 1.82) is 0 Å². The van der Waals surface area contributed by atoms with E-state index < -0.39 is 6.10 Å². The number of aliphatic hydroxyl groups is 1. The first-order valence-corrected chi connectivity index (χ1v) is 12.0. The summed E-state index contributed by atoms with van der Waals surface area (Å²) in [5.74, 6) is -0.562. The summed E-state index contributed by atoms with van der Waals surface area (Å²) in [5, 5.41) is 14.3. The normalized spacial score (nSPS) is 15.8. The highest BCUT2D eigenvalue weighted by atomic mass is 35.5. The number of hydrogen-bond donors (Lipinski definition) is 2. The lowest BCUT2D eigenvalue weighted by atomic mass is 10.2. The van der Waals surface area contributed by atoms with Crippen LogP contribution in [0.25, 0.3) is 15.9 Å². The number of β-amino-alcohol motifs (C(OH)–C–C–N with tert-alkyl or cyclic N) is 1. The molecule has 5 rings (SSSR count). The van der Waals surface area contributed by atoms with E-state index in [2.05, 4.69) is 5.32 Å². The number of thiophene rings is 1. The van der Waals surface area contributed by atoms with Gasteiger partial charge in [0.25, 0.3) is 11.5 Å². The first-order chi connectivity index (χ1) is 16.3. The van der Waals surface area contributed by atoms with Crippen LogP contribution < -0.4 is 10.9 Å². The van der Waals surface area contributed by atoms with Crippen LogP contribution in [0.4, 0.5) is 15.8 Å². The van der Waals surface area contributed by atoms with Gasteiger partial charge in [-0.3, -0.25) is 14.2 Å². The quantitative estimate of drug-likeness (QED) is 0.411. The number of aromatic nitrogens is 1. The maximum atomic E-state index is 13.8. The molecule has 0 aliphatic carbocycles. The smallest absolute Gasteiger partial charge is 0.266 e. The molecule has 2 aromatic heterocycles. The van der Waals surface area contributed by atoms with Crippen molar-refractivity contribution in [3.05, 3.63) is 86.2 Å². The van der Waals surface area contributed by atoms with E-state index >= 15 is 0 Å². The second kappa shape index (κ2) is 8.87. The van der Waals surface area contributed by atoms with Crippen LogP contribution in [0, 0.1) is 12.7 Å². The third-order valence-electron chi connectivity index (χ3n) is 5.91. The molecule has 4 aromatic rings. The van der Waals surface area contributed by atoms with Gasteiger partial charge in [-0.2, -0.15) is 0 Å². The first kappa shape index (κ1) is 22.6. The van der Waals surface area contributed by atoms with E-state index in [0.717, 1.165) is 0 Å². The van der Waals surface area contributed by atoms with Gasteiger partial charge in [0, 0.05) is 30.2 Å². The average molecular weight is 498 g/mol. The van der Waals surface area contributed by atoms with Gasteiger partial charge in [-0.1, -0.05) is 23.7 Å². The predicted octanol–water partition coefficient (Wildman–Crippen LogP) is 5.10. The Labute approximate surface area is 203 Å². The lowest BCUT2D eigenvalue weighted by Gasteiger charge is -2.16. The molecule has 174 valence electrons. The minimum absolute atomic E-state index is 0.239. The number of likely N-dealkylation sites (tertiary alicyclic amines) is 1. The van der Waals surface area contributed by atoms with Crippen molar-refractivity contribution in [2.75, 3.05) is 18.4 Å². The SMILES string of the molecule is Cc1cc(Nc2c(C(=O)N3CC[C@H](O)C3)sc3c2ccc(=O)n3-c2ccccc2Cl)ccc1F. The van der Waals surface area contributed by atoms with Crippen molar-refractivity contribution in [1.82, 2.24) is 9.47 Å². The molecule has 9 heteroatoms. The van der Waals surface area contributed by atoms with Gasteiger partial charge in [0.05, 0.1) is 22.5 Å². The minimum Gasteiger partial charge on any atom is -0.391 e. The van der Waals surface area contributed by atoms with Gasteiger partial charge in [0.15, 0.2) is 0 Å². The maximum absolute atomic E-state index is 13.8. The van der Waals surface area contributed by atoms with E-state index in [1.807, 2.05) is 0 Å². The van der Waals surface area contributed by atoms with Gasteiger partial charge in [0.1, 0.15) is 15.5 Å². The zero-order valence-corrected chi connectivity index (χ0v) is 19.8. The molecule has 1 amide bonds. The summed E-state index contributed by atoms with van der Waals surface area (Å²) in [6.45, 7) is 2.36. The average Bonchev–Trinajstić information content (AvgIpc) is 3.40. The molecule has 6 nitrogen and oxygen atoms in total. The summed E-state index contributed by atoms with van der Waals surface area (Å²) in [4.78, 5) is 29.0. The van der Waals surface area contributed by atoms with E-state index in [1.54, 1.807) is 54.3 Å². The van der Waals surface area contributed by atoms with Gasteiger partial charge in [-0.05, 0) is 55.3 Å². The minimum atomic E-state index is -0.559. The van der Waals surface area contributed by atoms with Crippen molar-refractivity contribution in [3.63, 3.8) is 0 Å². The van der Waals surface area contributed by atoms with Crippen LogP contribution in [0.3, 0.4) is 0 Å². The van der Waals surface area contributed by atoms with E-state index in [1.165, 1.54) is 28.0 Å². The van der Waals surface area contributed by atoms with Crippen molar-refractivity contribution < 1.29 is 14.3 Å². The molecule has 2 N–H and O–H groups in total. The van der Waals surface area contributed by atoms with Crippen molar-refractivity contribution in [3.8, 4) is 5.69 Å². The zero-order valence-electron chi connectivity index (χ0n) is 18.2. The van der Waals surface area contributed by atoms with Crippen molar-refractivity contribution >= 4 is 50.4 Å². The number of nitrogens with one attached hydrogen (secondary N) is 1. The second-order valence-corrected chi connectivity index (χ2v) is 9.67. The number of aryl methyl sites for hydroxylation is 1. The molecule has 1 fully saturated rings. The summed E-state index contributed by atoms with van der Waals surface area (Å²) < 4.78 is 15.3. The fourth-order valence-electron chi connectivity index (χ4n) is 4.15. The Morgan fingerprint density at radius 1 is 1.21 bits per heavy atom. The molecule has 34 heavy (non-hydrogen) atoms. The summed E-state index contributed by atoms with van der Waals surface area (Å²) >= 11 is 7.60. The van der Waals surface area contributed by atoms with Gasteiger partial charge >= 0.3 is 0 Å². The lowest BCUT2D eigenvalue weighted by molar-refractivity contribution is 0.0770. The van der Waals surface area contributed by atoms with Crippen LogP contribution in [0.5, 0.6) is 0 Å². The Bertz CT molecular complexity index is 1480. The highest BCUT2D eigenvalue weighted by Crippen LogP contribution is 2.40. The summed E-state index contributed by atoms with van der Waals surface area (Å²) in [6, 6.07) is 14.8. The van der Waals surface area contributed by atoms with Crippen molar-refractivity contribution in [2.24, 2.45) is 0 Å². The summed E-state index contributed by atoms with van der Waals surface area (Å²) in [5.41, 5.74) is 1.85. The molecule has 1 aliphatic rings. The standard InChI is InChI=1S/C25H21ClFN3O3S/c1-14-12-15(6-8-19(14)27)28-22-17-7-9-21(32)30(20-5-3-2-4-18(20)26)25(17)34-23(22)24(33)29-11-10-16(31)13-29/h2-9,12,16,28,31H,10-11,13H2,1H3/t16-/m0/s1. The Morgan fingerprint density at radius 3 is 2.71 bits per heavy atom. The molecule has 1 saturated heterocycles. The van der Waals surface area contributed by atoms with E-state index in [9.17, 15) is 19.1 Å². The van der Waals surface area contributed by atoms with E-state index in [0.29, 0.717) is 55.7 Å². The molecule has 0 radical (unpaired) electrons. The largest absolute Gasteiger partial charge is 0.391 e. The Morgan fingerprint density at radius 2 is 2.00 bits per heavy atom. The fraction of sp³-hybridized carbons (Fsp3) is 0.200. The number of anilines is 2. The van der Waals surface area contributed by atoms with Crippen LogP contribution >= 0.6 is 22.9 Å². The molecule has 1 aliphatic heterocycles. The third-order valence-corrected chi connectivity index (χ3v) is 7.41. The number of benzene rings is 2. The molecule has 0 spiro atoms. The molecular formula is C25H21ClFN3O3S. The number of amides is 1. The van der Waals surface area contributed by atoms with Crippen LogP contribution in [0.15, 0.2) is 59.4 Å². The van der Waals surface area contributed by atoms with Crippen LogP contribution in [-0.2, 0) is 0 Å². The molecule has 0 unspecified atom stereocenters. The van der Waals surface area contributed by atoms with Crippen molar-refractivity contribution in [2.45, 2.75) is 19.4 Å². The number of pyridine rings is 1. The Balaban J connectivity index is 1.73. The maximum Gasteiger partial charge on any atom is 0.266 e. The topological polar surface area (TPSA) is 74.6 Å². The molecule has 0 bridgehead atoms. The van der Waals surface area contributed by atoms with Crippen LogP contribution in [0.2, 0.25) is 5.02 Å². The Hall–Kier alpha value is -3.20. The molecule has 2 aromatic carbocycles. The lowest BCUT2D eigenvalue weighted by Crippen LogP contribution is -2.29.